The van der Waals surface area contributed by atoms with Crippen LogP contribution in [0.2, 0.25) is 0 Å². The maximum absolute atomic E-state index is 2.47. The van der Waals surface area contributed by atoms with Crippen molar-refractivity contribution in [2.24, 2.45) is 0 Å². The highest BCUT2D eigenvalue weighted by atomic mass is 15.1. The lowest BCUT2D eigenvalue weighted by molar-refractivity contribution is 0.556. The summed E-state index contributed by atoms with van der Waals surface area (Å²) in [5.41, 5.74) is 28.4. The van der Waals surface area contributed by atoms with Crippen LogP contribution in [-0.4, -0.2) is 4.57 Å². The minimum atomic E-state index is -0.115. The van der Waals surface area contributed by atoms with Gasteiger partial charge in [-0.05, 0) is 182 Å². The number of aromatic nitrogens is 1. The molecule has 0 saturated heterocycles. The summed E-state index contributed by atoms with van der Waals surface area (Å²) in [7, 11) is 0. The molecule has 1 aliphatic rings. The zero-order valence-electron chi connectivity index (χ0n) is 50.3. The van der Waals surface area contributed by atoms with Crippen molar-refractivity contribution in [2.45, 2.75) is 111 Å². The van der Waals surface area contributed by atoms with E-state index in [1.54, 1.807) is 0 Å². The summed E-state index contributed by atoms with van der Waals surface area (Å²) in [4.78, 5) is 2.42. The Morgan fingerprint density at radius 3 is 1.56 bits per heavy atom. The fraction of sp³-hybridized carbons (Fsp3) is 0.205. The van der Waals surface area contributed by atoms with Gasteiger partial charge in [-0.3, -0.25) is 0 Å². The van der Waals surface area contributed by atoms with Gasteiger partial charge in [0.15, 0.2) is 0 Å². The average molecular weight is 1100 g/mol. The molecule has 0 amide bonds. The summed E-state index contributed by atoms with van der Waals surface area (Å²) in [5.74, 6) is 0. The number of unbranched alkanes of at least 4 members (excludes halogenated alkanes) is 9. The molecule has 85 heavy (non-hydrogen) atoms. The van der Waals surface area contributed by atoms with Gasteiger partial charge in [0.05, 0.1) is 11.0 Å². The van der Waals surface area contributed by atoms with Crippen LogP contribution in [-0.2, 0) is 11.8 Å². The molecule has 1 aliphatic carbocycles. The standard InChI is InChI=1S/C83H78N2/c1-6-7-8-9-10-11-12-13-14-16-23-60-31-33-62(34-32-60)63-35-37-66(38-36-63)77-54-58(2)30-49-73(77)68-52-59(3)53-72(55-68)85-81-29-22-20-27-76(81)78-56-67(43-51-82(78)85)65-41-46-70(47-42-65)84(69-44-39-64(40-45-69)61-24-17-15-18-25-61)71-48-50-75-74-26-19-21-28-79(74)83(4,5)80(75)57-71/h15,17-22,24-57H,6-14,16,23H2,1-5H3. The third-order valence-corrected chi connectivity index (χ3v) is 18.3. The van der Waals surface area contributed by atoms with E-state index in [0.29, 0.717) is 0 Å². The molecule has 13 rings (SSSR count). The van der Waals surface area contributed by atoms with Crippen LogP contribution in [0.15, 0.2) is 249 Å². The summed E-state index contributed by atoms with van der Waals surface area (Å²) in [6.45, 7) is 11.5. The first kappa shape index (κ1) is 55.2. The van der Waals surface area contributed by atoms with Crippen LogP contribution in [0.1, 0.15) is 113 Å². The Balaban J connectivity index is 0.772. The highest BCUT2D eigenvalue weighted by Gasteiger charge is 2.36. The number of para-hydroxylation sites is 1. The van der Waals surface area contributed by atoms with Crippen molar-refractivity contribution in [3.05, 3.63) is 277 Å². The molecule has 11 aromatic carbocycles. The van der Waals surface area contributed by atoms with Crippen molar-refractivity contribution in [1.29, 1.82) is 0 Å². The Morgan fingerprint density at radius 1 is 0.329 bits per heavy atom. The van der Waals surface area contributed by atoms with Gasteiger partial charge in [0, 0.05) is 38.9 Å². The lowest BCUT2D eigenvalue weighted by Gasteiger charge is -2.28. The predicted octanol–water partition coefficient (Wildman–Crippen LogP) is 24.0. The first-order valence-electron chi connectivity index (χ1n) is 31.4. The van der Waals surface area contributed by atoms with Gasteiger partial charge in [-0.2, -0.15) is 0 Å². The number of anilines is 3. The van der Waals surface area contributed by atoms with E-state index in [9.17, 15) is 0 Å². The third-order valence-electron chi connectivity index (χ3n) is 18.3. The molecule has 0 N–H and O–H groups in total. The van der Waals surface area contributed by atoms with E-state index in [2.05, 4.69) is 293 Å². The van der Waals surface area contributed by atoms with Crippen LogP contribution in [0.25, 0.3) is 94.3 Å². The quantitative estimate of drug-likeness (QED) is 0.0691. The molecule has 0 saturated carbocycles. The van der Waals surface area contributed by atoms with Crippen molar-refractivity contribution in [1.82, 2.24) is 4.57 Å². The largest absolute Gasteiger partial charge is 0.310 e. The van der Waals surface area contributed by atoms with Gasteiger partial charge in [0.1, 0.15) is 0 Å². The van der Waals surface area contributed by atoms with Gasteiger partial charge in [-0.15, -0.1) is 0 Å². The van der Waals surface area contributed by atoms with Crippen molar-refractivity contribution >= 4 is 38.9 Å². The van der Waals surface area contributed by atoms with E-state index in [0.717, 1.165) is 22.7 Å². The van der Waals surface area contributed by atoms with Gasteiger partial charge >= 0.3 is 0 Å². The second kappa shape index (κ2) is 24.3. The minimum Gasteiger partial charge on any atom is -0.310 e. The van der Waals surface area contributed by atoms with Gasteiger partial charge in [0.25, 0.3) is 0 Å². The Bertz CT molecular complexity index is 4290. The Labute approximate surface area is 505 Å². The summed E-state index contributed by atoms with van der Waals surface area (Å²) in [5, 5.41) is 2.48. The molecule has 0 bridgehead atoms. The fourth-order valence-electron chi connectivity index (χ4n) is 13.7. The lowest BCUT2D eigenvalue weighted by Crippen LogP contribution is -2.16. The second-order valence-electron chi connectivity index (χ2n) is 24.6. The van der Waals surface area contributed by atoms with Gasteiger partial charge in [-0.1, -0.05) is 266 Å². The molecule has 420 valence electrons. The zero-order chi connectivity index (χ0) is 57.9. The maximum Gasteiger partial charge on any atom is 0.0541 e. The smallest absolute Gasteiger partial charge is 0.0541 e. The van der Waals surface area contributed by atoms with Crippen LogP contribution < -0.4 is 4.90 Å². The van der Waals surface area contributed by atoms with E-state index >= 15 is 0 Å². The number of hydrogen-bond donors (Lipinski definition) is 0. The van der Waals surface area contributed by atoms with Gasteiger partial charge in [0.2, 0.25) is 0 Å². The summed E-state index contributed by atoms with van der Waals surface area (Å²) >= 11 is 0. The Morgan fingerprint density at radius 2 is 0.859 bits per heavy atom. The molecule has 1 heterocycles. The Hall–Kier alpha value is -8.98. The summed E-state index contributed by atoms with van der Waals surface area (Å²) in [6, 6.07) is 93.3. The highest BCUT2D eigenvalue weighted by molar-refractivity contribution is 6.10. The lowest BCUT2D eigenvalue weighted by atomic mass is 9.82. The molecule has 1 aromatic heterocycles. The van der Waals surface area contributed by atoms with E-state index in [1.807, 2.05) is 0 Å². The molecular formula is C83H78N2. The molecule has 2 nitrogen and oxygen atoms in total. The zero-order valence-corrected chi connectivity index (χ0v) is 50.3. The molecule has 12 aromatic rings. The SMILES string of the molecule is CCCCCCCCCCCCc1ccc(-c2ccc(-c3cc(C)ccc3-c3cc(C)cc(-n4c5ccccc5c5cc(-c6ccc(N(c7ccc(-c8ccccc8)cc7)c7ccc8c(c7)C(C)(C)c7ccccc7-8)cc6)ccc54)c3)cc2)cc1. The predicted molar refractivity (Wildman–Crippen MR) is 365 cm³/mol. The number of hydrogen-bond acceptors (Lipinski definition) is 1. The van der Waals surface area contributed by atoms with E-state index in [4.69, 9.17) is 0 Å². The van der Waals surface area contributed by atoms with Crippen molar-refractivity contribution in [3.63, 3.8) is 0 Å². The molecule has 2 heteroatoms. The average Bonchev–Trinajstić information content (AvgIpc) is 2.31. The van der Waals surface area contributed by atoms with Crippen LogP contribution in [0, 0.1) is 13.8 Å². The fourth-order valence-corrected chi connectivity index (χ4v) is 13.7. The molecule has 0 aliphatic heterocycles. The monoisotopic (exact) mass is 1100 g/mol. The first-order chi connectivity index (χ1) is 41.7. The third kappa shape index (κ3) is 11.3. The van der Waals surface area contributed by atoms with Crippen LogP contribution in [0.3, 0.4) is 0 Å². The number of aryl methyl sites for hydroxylation is 3. The normalized spacial score (nSPS) is 12.4. The van der Waals surface area contributed by atoms with Gasteiger partial charge < -0.3 is 9.47 Å². The van der Waals surface area contributed by atoms with Crippen LogP contribution >= 0.6 is 0 Å². The van der Waals surface area contributed by atoms with Gasteiger partial charge in [-0.25, -0.2) is 0 Å². The minimum absolute atomic E-state index is 0.115. The van der Waals surface area contributed by atoms with Crippen molar-refractivity contribution < 1.29 is 0 Å². The second-order valence-corrected chi connectivity index (χ2v) is 24.6. The highest BCUT2D eigenvalue weighted by Crippen LogP contribution is 2.51. The van der Waals surface area contributed by atoms with E-state index < -0.39 is 0 Å². The van der Waals surface area contributed by atoms with E-state index in [-0.39, 0.29) is 5.41 Å². The van der Waals surface area contributed by atoms with Crippen LogP contribution in [0.5, 0.6) is 0 Å². The number of nitrogens with zero attached hydrogens (tertiary/aromatic N) is 2. The molecule has 0 spiro atoms. The van der Waals surface area contributed by atoms with Crippen LogP contribution in [0.4, 0.5) is 17.1 Å². The molecule has 0 unspecified atom stereocenters. The maximum atomic E-state index is 2.47. The molecule has 0 fully saturated rings. The first-order valence-corrected chi connectivity index (χ1v) is 31.4. The molecule has 0 radical (unpaired) electrons. The summed E-state index contributed by atoms with van der Waals surface area (Å²) < 4.78 is 2.47. The topological polar surface area (TPSA) is 8.17 Å². The van der Waals surface area contributed by atoms with E-state index in [1.165, 1.54) is 187 Å². The summed E-state index contributed by atoms with van der Waals surface area (Å²) in [6.07, 6.45) is 14.9. The number of rotatable bonds is 20. The molecular weight excluding hydrogens is 1020 g/mol. The Kier molecular flexibility index (Phi) is 15.8. The number of fused-ring (bicyclic) bond motifs is 6. The van der Waals surface area contributed by atoms with Crippen molar-refractivity contribution in [2.75, 3.05) is 4.90 Å². The van der Waals surface area contributed by atoms with Crippen molar-refractivity contribution in [3.8, 4) is 72.4 Å². The number of benzene rings is 11. The molecule has 0 atom stereocenters.